The predicted molar refractivity (Wildman–Crippen MR) is 79.4 cm³/mol. The molecule has 21 heavy (non-hydrogen) atoms. The number of carbonyl (C=O) groups excluding carboxylic acids is 1. The second-order valence-corrected chi connectivity index (χ2v) is 5.36. The molecule has 2 atom stereocenters. The highest BCUT2D eigenvalue weighted by atomic mass is 16.5. The van der Waals surface area contributed by atoms with Gasteiger partial charge in [-0.15, -0.1) is 0 Å². The summed E-state index contributed by atoms with van der Waals surface area (Å²) < 4.78 is 16.4. The van der Waals surface area contributed by atoms with Gasteiger partial charge in [0.15, 0.2) is 11.5 Å². The summed E-state index contributed by atoms with van der Waals surface area (Å²) in [6, 6.07) is 7.55. The second kappa shape index (κ2) is 6.80. The lowest BCUT2D eigenvalue weighted by atomic mass is 9.81. The average Bonchev–Trinajstić information content (AvgIpc) is 2.49. The van der Waals surface area contributed by atoms with E-state index in [-0.39, 0.29) is 12.1 Å². The Morgan fingerprint density at radius 1 is 1.38 bits per heavy atom. The van der Waals surface area contributed by atoms with E-state index in [1.54, 1.807) is 0 Å². The highest BCUT2D eigenvalue weighted by Gasteiger charge is 2.41. The molecular formula is C16H23NO4. The highest BCUT2D eigenvalue weighted by molar-refractivity contribution is 5.80. The highest BCUT2D eigenvalue weighted by Crippen LogP contribution is 2.33. The van der Waals surface area contributed by atoms with Crippen molar-refractivity contribution in [2.75, 3.05) is 13.7 Å². The molecule has 1 aliphatic carbocycles. The van der Waals surface area contributed by atoms with Crippen molar-refractivity contribution in [3.63, 3.8) is 0 Å². The minimum Gasteiger partial charge on any atom is -0.490 e. The van der Waals surface area contributed by atoms with Crippen LogP contribution < -0.4 is 15.2 Å². The molecule has 2 unspecified atom stereocenters. The number of rotatable bonds is 5. The van der Waals surface area contributed by atoms with E-state index in [1.165, 1.54) is 7.11 Å². The summed E-state index contributed by atoms with van der Waals surface area (Å²) in [5.41, 5.74) is 5.22. The fourth-order valence-electron chi connectivity index (χ4n) is 2.75. The van der Waals surface area contributed by atoms with Crippen LogP contribution in [0.25, 0.3) is 0 Å². The Morgan fingerprint density at radius 2 is 2.10 bits per heavy atom. The van der Waals surface area contributed by atoms with Crippen LogP contribution in [0.5, 0.6) is 11.5 Å². The number of hydrogen-bond acceptors (Lipinski definition) is 5. The molecule has 0 spiro atoms. The number of benzene rings is 1. The molecule has 0 aromatic heterocycles. The molecule has 0 heterocycles. The molecular weight excluding hydrogens is 270 g/mol. The Bertz CT molecular complexity index is 491. The van der Waals surface area contributed by atoms with E-state index in [0.717, 1.165) is 12.8 Å². The Labute approximate surface area is 125 Å². The first-order valence-corrected chi connectivity index (χ1v) is 7.35. The smallest absolute Gasteiger partial charge is 0.325 e. The molecule has 0 radical (unpaired) electrons. The van der Waals surface area contributed by atoms with Gasteiger partial charge in [0.25, 0.3) is 0 Å². The predicted octanol–water partition coefficient (Wildman–Crippen LogP) is 2.28. The van der Waals surface area contributed by atoms with Gasteiger partial charge in [-0.1, -0.05) is 12.1 Å². The Balaban J connectivity index is 2.08. The number of hydrogen-bond donors (Lipinski definition) is 1. The molecule has 116 valence electrons. The van der Waals surface area contributed by atoms with Crippen LogP contribution in [0.2, 0.25) is 0 Å². The van der Waals surface area contributed by atoms with E-state index in [0.29, 0.717) is 30.9 Å². The van der Waals surface area contributed by atoms with Crippen molar-refractivity contribution in [2.24, 2.45) is 5.73 Å². The molecule has 1 aromatic carbocycles. The first kappa shape index (κ1) is 15.6. The van der Waals surface area contributed by atoms with E-state index in [1.807, 2.05) is 31.2 Å². The van der Waals surface area contributed by atoms with Gasteiger partial charge >= 0.3 is 5.97 Å². The SMILES string of the molecule is CCOc1ccccc1OC1CCCC(N)(C(=O)OC)C1. The third-order valence-electron chi connectivity index (χ3n) is 3.78. The minimum absolute atomic E-state index is 0.107. The van der Waals surface area contributed by atoms with Crippen molar-refractivity contribution in [3.05, 3.63) is 24.3 Å². The molecule has 0 bridgehead atoms. The Kier molecular flexibility index (Phi) is 5.07. The van der Waals surface area contributed by atoms with Gasteiger partial charge in [0, 0.05) is 6.42 Å². The van der Waals surface area contributed by atoms with Crippen molar-refractivity contribution in [2.45, 2.75) is 44.2 Å². The van der Waals surface area contributed by atoms with Crippen molar-refractivity contribution < 1.29 is 19.0 Å². The van der Waals surface area contributed by atoms with E-state index < -0.39 is 5.54 Å². The quantitative estimate of drug-likeness (QED) is 0.843. The van der Waals surface area contributed by atoms with E-state index in [9.17, 15) is 4.79 Å². The normalized spacial score (nSPS) is 25.2. The average molecular weight is 293 g/mol. The number of carbonyl (C=O) groups is 1. The molecule has 1 aliphatic rings. The minimum atomic E-state index is -0.946. The van der Waals surface area contributed by atoms with Crippen molar-refractivity contribution in [3.8, 4) is 11.5 Å². The maximum absolute atomic E-state index is 11.8. The molecule has 0 saturated heterocycles. The largest absolute Gasteiger partial charge is 0.490 e. The summed E-state index contributed by atoms with van der Waals surface area (Å²) in [7, 11) is 1.37. The number of nitrogens with two attached hydrogens (primary N) is 1. The molecule has 0 amide bonds. The summed E-state index contributed by atoms with van der Waals surface area (Å²) in [4.78, 5) is 11.8. The Hall–Kier alpha value is -1.75. The van der Waals surface area contributed by atoms with Crippen LogP contribution in [0, 0.1) is 0 Å². The molecule has 1 saturated carbocycles. The van der Waals surface area contributed by atoms with Crippen LogP contribution >= 0.6 is 0 Å². The molecule has 1 fully saturated rings. The number of esters is 1. The van der Waals surface area contributed by atoms with E-state index in [2.05, 4.69) is 0 Å². The van der Waals surface area contributed by atoms with Crippen LogP contribution in [0.1, 0.15) is 32.6 Å². The lowest BCUT2D eigenvalue weighted by molar-refractivity contribution is -0.149. The topological polar surface area (TPSA) is 70.8 Å². The number of ether oxygens (including phenoxy) is 3. The van der Waals surface area contributed by atoms with Crippen LogP contribution in [-0.4, -0.2) is 31.3 Å². The first-order chi connectivity index (χ1) is 10.1. The molecule has 2 rings (SSSR count). The van der Waals surface area contributed by atoms with Gasteiger partial charge < -0.3 is 19.9 Å². The van der Waals surface area contributed by atoms with Crippen molar-refractivity contribution in [1.29, 1.82) is 0 Å². The van der Waals surface area contributed by atoms with Gasteiger partial charge in [-0.25, -0.2) is 0 Å². The monoisotopic (exact) mass is 293 g/mol. The van der Waals surface area contributed by atoms with Gasteiger partial charge in [0.2, 0.25) is 0 Å². The fraction of sp³-hybridized carbons (Fsp3) is 0.562. The summed E-state index contributed by atoms with van der Waals surface area (Å²) >= 11 is 0. The second-order valence-electron chi connectivity index (χ2n) is 5.36. The van der Waals surface area contributed by atoms with E-state index in [4.69, 9.17) is 19.9 Å². The van der Waals surface area contributed by atoms with Gasteiger partial charge in [-0.05, 0) is 38.3 Å². The van der Waals surface area contributed by atoms with Crippen molar-refractivity contribution in [1.82, 2.24) is 0 Å². The van der Waals surface area contributed by atoms with Gasteiger partial charge in [0.05, 0.1) is 13.7 Å². The lowest BCUT2D eigenvalue weighted by Crippen LogP contribution is -2.54. The standard InChI is InChI=1S/C16H23NO4/c1-3-20-13-8-4-5-9-14(13)21-12-7-6-10-16(17,11-12)15(18)19-2/h4-5,8-9,12H,3,6-7,10-11,17H2,1-2H3. The molecule has 5 heteroatoms. The Morgan fingerprint density at radius 3 is 2.76 bits per heavy atom. The maximum Gasteiger partial charge on any atom is 0.325 e. The van der Waals surface area contributed by atoms with Gasteiger partial charge in [0.1, 0.15) is 11.6 Å². The third kappa shape index (κ3) is 3.67. The fourth-order valence-corrected chi connectivity index (χ4v) is 2.75. The number of methoxy groups -OCH3 is 1. The summed E-state index contributed by atoms with van der Waals surface area (Å²) in [5, 5.41) is 0. The molecule has 1 aromatic rings. The lowest BCUT2D eigenvalue weighted by Gasteiger charge is -2.35. The number of para-hydroxylation sites is 2. The zero-order valence-electron chi connectivity index (χ0n) is 12.6. The molecule has 2 N–H and O–H groups in total. The summed E-state index contributed by atoms with van der Waals surface area (Å²) in [6.45, 7) is 2.51. The van der Waals surface area contributed by atoms with Crippen LogP contribution in [0.4, 0.5) is 0 Å². The third-order valence-corrected chi connectivity index (χ3v) is 3.78. The molecule has 5 nitrogen and oxygen atoms in total. The zero-order valence-corrected chi connectivity index (χ0v) is 12.6. The zero-order chi connectivity index (χ0) is 15.3. The van der Waals surface area contributed by atoms with Crippen molar-refractivity contribution >= 4 is 5.97 Å². The van der Waals surface area contributed by atoms with Crippen LogP contribution in [0.15, 0.2) is 24.3 Å². The maximum atomic E-state index is 11.8. The van der Waals surface area contributed by atoms with Gasteiger partial charge in [-0.3, -0.25) is 4.79 Å². The summed E-state index contributed by atoms with van der Waals surface area (Å²) in [6.07, 6.45) is 2.69. The van der Waals surface area contributed by atoms with Gasteiger partial charge in [-0.2, -0.15) is 0 Å². The van der Waals surface area contributed by atoms with Crippen LogP contribution in [-0.2, 0) is 9.53 Å². The van der Waals surface area contributed by atoms with E-state index >= 15 is 0 Å². The first-order valence-electron chi connectivity index (χ1n) is 7.35. The summed E-state index contributed by atoms with van der Waals surface area (Å²) in [5.74, 6) is 1.04. The molecule has 0 aliphatic heterocycles. The van der Waals surface area contributed by atoms with Crippen LogP contribution in [0.3, 0.4) is 0 Å².